The van der Waals surface area contributed by atoms with E-state index in [1.165, 1.54) is 18.3 Å². The first-order valence-electron chi connectivity index (χ1n) is 4.94. The van der Waals surface area contributed by atoms with Crippen LogP contribution >= 0.6 is 11.3 Å². The number of nitrogens with one attached hydrogen (secondary N) is 1. The van der Waals surface area contributed by atoms with Crippen molar-refractivity contribution >= 4 is 21.4 Å². The Bertz CT molecular complexity index is 485. The summed E-state index contributed by atoms with van der Waals surface area (Å²) in [6.07, 6.45) is 0.883. The van der Waals surface area contributed by atoms with Gasteiger partial charge in [0.25, 0.3) is 0 Å². The first-order chi connectivity index (χ1) is 7.51. The highest BCUT2D eigenvalue weighted by Gasteiger charge is 2.19. The zero-order valence-corrected chi connectivity index (χ0v) is 10.9. The standard InChI is InChI=1S/C10H14N2O2S2/c1-3-9-4-5-15-10(9)7-12-16(13,14)8(2)6-11/h4-5,8,12H,3,7H2,1-2H3. The molecule has 1 rings (SSSR count). The highest BCUT2D eigenvalue weighted by atomic mass is 32.2. The summed E-state index contributed by atoms with van der Waals surface area (Å²) in [6, 6.07) is 3.70. The van der Waals surface area contributed by atoms with Gasteiger partial charge in [-0.15, -0.1) is 11.3 Å². The summed E-state index contributed by atoms with van der Waals surface area (Å²) in [4.78, 5) is 1.01. The van der Waals surface area contributed by atoms with Crippen molar-refractivity contribution < 1.29 is 8.42 Å². The van der Waals surface area contributed by atoms with E-state index in [-0.39, 0.29) is 6.54 Å². The van der Waals surface area contributed by atoms with Crippen molar-refractivity contribution in [2.75, 3.05) is 0 Å². The first kappa shape index (κ1) is 13.2. The Kier molecular flexibility index (Phi) is 4.47. The number of rotatable bonds is 5. The predicted molar refractivity (Wildman–Crippen MR) is 64.5 cm³/mol. The molecule has 0 aliphatic heterocycles. The van der Waals surface area contributed by atoms with Gasteiger partial charge in [-0.1, -0.05) is 6.92 Å². The van der Waals surface area contributed by atoms with Gasteiger partial charge in [0.05, 0.1) is 6.07 Å². The van der Waals surface area contributed by atoms with Crippen LogP contribution in [-0.4, -0.2) is 13.7 Å². The first-order valence-corrected chi connectivity index (χ1v) is 7.37. The van der Waals surface area contributed by atoms with Gasteiger partial charge < -0.3 is 0 Å². The van der Waals surface area contributed by atoms with E-state index in [9.17, 15) is 8.42 Å². The van der Waals surface area contributed by atoms with Crippen LogP contribution in [0.25, 0.3) is 0 Å². The molecule has 0 spiro atoms. The van der Waals surface area contributed by atoms with E-state index in [0.29, 0.717) is 0 Å². The van der Waals surface area contributed by atoms with Gasteiger partial charge in [-0.25, -0.2) is 13.1 Å². The molecule has 0 bridgehead atoms. The van der Waals surface area contributed by atoms with Crippen LogP contribution in [0, 0.1) is 11.3 Å². The molecule has 0 amide bonds. The fourth-order valence-corrected chi connectivity index (χ4v) is 2.94. The van der Waals surface area contributed by atoms with Gasteiger partial charge in [-0.05, 0) is 30.4 Å². The lowest BCUT2D eigenvalue weighted by molar-refractivity contribution is 0.577. The van der Waals surface area contributed by atoms with Gasteiger partial charge in [0.15, 0.2) is 5.25 Å². The lowest BCUT2D eigenvalue weighted by atomic mass is 10.2. The molecule has 1 atom stereocenters. The van der Waals surface area contributed by atoms with Crippen LogP contribution < -0.4 is 4.72 Å². The Morgan fingerprint density at radius 3 is 2.88 bits per heavy atom. The van der Waals surface area contributed by atoms with Crippen LogP contribution in [0.4, 0.5) is 0 Å². The molecule has 0 fully saturated rings. The number of thiophene rings is 1. The summed E-state index contributed by atoms with van der Waals surface area (Å²) >= 11 is 1.52. The molecule has 1 aromatic rings. The van der Waals surface area contributed by atoms with Crippen molar-refractivity contribution in [1.29, 1.82) is 5.26 Å². The normalized spacial score (nSPS) is 13.3. The summed E-state index contributed by atoms with van der Waals surface area (Å²) in [5.74, 6) is 0. The smallest absolute Gasteiger partial charge is 0.211 e. The quantitative estimate of drug-likeness (QED) is 0.873. The topological polar surface area (TPSA) is 70.0 Å². The van der Waals surface area contributed by atoms with E-state index in [4.69, 9.17) is 5.26 Å². The molecule has 0 aromatic carbocycles. The van der Waals surface area contributed by atoms with E-state index >= 15 is 0 Å². The second-order valence-electron chi connectivity index (χ2n) is 3.36. The van der Waals surface area contributed by atoms with Crippen LogP contribution in [0.5, 0.6) is 0 Å². The van der Waals surface area contributed by atoms with Crippen LogP contribution in [0.1, 0.15) is 24.3 Å². The molecule has 0 aliphatic carbocycles. The van der Waals surface area contributed by atoms with Crippen molar-refractivity contribution in [3.63, 3.8) is 0 Å². The number of hydrogen-bond acceptors (Lipinski definition) is 4. The monoisotopic (exact) mass is 258 g/mol. The lowest BCUT2D eigenvalue weighted by Gasteiger charge is -2.07. The fraction of sp³-hybridized carbons (Fsp3) is 0.500. The van der Waals surface area contributed by atoms with Crippen LogP contribution in [0.3, 0.4) is 0 Å². The zero-order chi connectivity index (χ0) is 12.2. The van der Waals surface area contributed by atoms with Gasteiger partial charge >= 0.3 is 0 Å². The van der Waals surface area contributed by atoms with Crippen molar-refractivity contribution in [3.05, 3.63) is 21.9 Å². The van der Waals surface area contributed by atoms with Gasteiger partial charge in [-0.3, -0.25) is 0 Å². The van der Waals surface area contributed by atoms with E-state index in [1.807, 2.05) is 18.4 Å². The Hall–Kier alpha value is -0.900. The molecule has 1 heterocycles. The molecule has 16 heavy (non-hydrogen) atoms. The minimum Gasteiger partial charge on any atom is -0.211 e. The highest BCUT2D eigenvalue weighted by Crippen LogP contribution is 2.17. The summed E-state index contributed by atoms with van der Waals surface area (Å²) in [7, 11) is -3.52. The molecule has 0 saturated carbocycles. The minimum atomic E-state index is -3.52. The Morgan fingerprint density at radius 2 is 2.31 bits per heavy atom. The van der Waals surface area contributed by atoms with Gasteiger partial charge in [0.1, 0.15) is 0 Å². The molecule has 6 heteroatoms. The van der Waals surface area contributed by atoms with E-state index in [1.54, 1.807) is 6.07 Å². The van der Waals surface area contributed by atoms with E-state index in [0.717, 1.165) is 16.9 Å². The van der Waals surface area contributed by atoms with Crippen molar-refractivity contribution in [2.45, 2.75) is 32.1 Å². The summed E-state index contributed by atoms with van der Waals surface area (Å²) < 4.78 is 25.5. The molecule has 0 aliphatic rings. The third-order valence-corrected chi connectivity index (χ3v) is 4.85. The third-order valence-electron chi connectivity index (χ3n) is 2.30. The van der Waals surface area contributed by atoms with E-state index < -0.39 is 15.3 Å². The van der Waals surface area contributed by atoms with Crippen molar-refractivity contribution in [3.8, 4) is 6.07 Å². The maximum Gasteiger partial charge on any atom is 0.228 e. The molecular weight excluding hydrogens is 244 g/mol. The molecule has 4 nitrogen and oxygen atoms in total. The lowest BCUT2D eigenvalue weighted by Crippen LogP contribution is -2.31. The average Bonchev–Trinajstić information content (AvgIpc) is 2.72. The number of nitriles is 1. The molecule has 0 saturated heterocycles. The van der Waals surface area contributed by atoms with Gasteiger partial charge in [0, 0.05) is 11.4 Å². The molecule has 0 radical (unpaired) electrons. The number of nitrogens with zero attached hydrogens (tertiary/aromatic N) is 1. The largest absolute Gasteiger partial charge is 0.228 e. The van der Waals surface area contributed by atoms with Crippen LogP contribution in [0.2, 0.25) is 0 Å². The SMILES string of the molecule is CCc1ccsc1CNS(=O)(=O)C(C)C#N. The molecular formula is C10H14N2O2S2. The zero-order valence-electron chi connectivity index (χ0n) is 9.23. The number of hydrogen-bond donors (Lipinski definition) is 1. The maximum atomic E-state index is 11.5. The molecule has 88 valence electrons. The molecule has 1 aromatic heterocycles. The molecule has 1 N–H and O–H groups in total. The van der Waals surface area contributed by atoms with Crippen LogP contribution in [0.15, 0.2) is 11.4 Å². The van der Waals surface area contributed by atoms with E-state index in [2.05, 4.69) is 4.72 Å². The highest BCUT2D eigenvalue weighted by molar-refractivity contribution is 7.90. The second-order valence-corrected chi connectivity index (χ2v) is 6.45. The predicted octanol–water partition coefficient (Wildman–Crippen LogP) is 1.64. The average molecular weight is 258 g/mol. The summed E-state index contributed by atoms with van der Waals surface area (Å²) in [5, 5.41) is 9.49. The number of sulfonamides is 1. The minimum absolute atomic E-state index is 0.273. The van der Waals surface area contributed by atoms with Crippen molar-refractivity contribution in [1.82, 2.24) is 4.72 Å². The maximum absolute atomic E-state index is 11.5. The second kappa shape index (κ2) is 5.43. The van der Waals surface area contributed by atoms with Crippen molar-refractivity contribution in [2.24, 2.45) is 0 Å². The molecule has 1 unspecified atom stereocenters. The fourth-order valence-electron chi connectivity index (χ4n) is 1.20. The van der Waals surface area contributed by atoms with Gasteiger partial charge in [0.2, 0.25) is 10.0 Å². The Morgan fingerprint density at radius 1 is 1.62 bits per heavy atom. The summed E-state index contributed by atoms with van der Waals surface area (Å²) in [6.45, 7) is 3.67. The number of aryl methyl sites for hydroxylation is 1. The third kappa shape index (κ3) is 3.04. The summed E-state index contributed by atoms with van der Waals surface area (Å²) in [5.41, 5.74) is 1.15. The van der Waals surface area contributed by atoms with Gasteiger partial charge in [-0.2, -0.15) is 5.26 Å². The Labute approximate surface area is 100.0 Å². The Balaban J connectivity index is 2.69. The van der Waals surface area contributed by atoms with Crippen LogP contribution in [-0.2, 0) is 23.0 Å².